The molecule has 7 nitrogen and oxygen atoms in total. The highest BCUT2D eigenvalue weighted by atomic mass is 32.2. The first-order chi connectivity index (χ1) is 10.7. The van der Waals surface area contributed by atoms with Crippen molar-refractivity contribution in [3.63, 3.8) is 0 Å². The van der Waals surface area contributed by atoms with Crippen molar-refractivity contribution in [2.75, 3.05) is 33.7 Å². The van der Waals surface area contributed by atoms with Gasteiger partial charge in [-0.3, -0.25) is 0 Å². The number of sulfonamides is 2. The van der Waals surface area contributed by atoms with Crippen molar-refractivity contribution in [2.45, 2.75) is 22.6 Å². The number of nitrogens with one attached hydrogen (secondary N) is 2. The van der Waals surface area contributed by atoms with E-state index in [1.807, 2.05) is 0 Å². The smallest absolute Gasteiger partial charge is 0.243 e. The lowest BCUT2D eigenvalue weighted by Crippen LogP contribution is -2.30. The summed E-state index contributed by atoms with van der Waals surface area (Å²) in [6, 6.07) is 5.66. The van der Waals surface area contributed by atoms with Crippen LogP contribution in [0.1, 0.15) is 12.8 Å². The van der Waals surface area contributed by atoms with Gasteiger partial charge in [-0.05, 0) is 44.0 Å². The predicted octanol–water partition coefficient (Wildman–Crippen LogP) is 0.215. The van der Waals surface area contributed by atoms with E-state index in [1.54, 1.807) is 0 Å². The fourth-order valence-electron chi connectivity index (χ4n) is 2.52. The standard InChI is InChI=1S/C14H23N3O4S2/c1-17(2)23(20,21)14-6-4-3-5-13(14)22(18,19)16-10-8-12-7-9-15-11-12/h3-6,12,15-16H,7-11H2,1-2H3. The highest BCUT2D eigenvalue weighted by Crippen LogP contribution is 2.23. The Kier molecular flexibility index (Phi) is 5.79. The third kappa shape index (κ3) is 4.30. The lowest BCUT2D eigenvalue weighted by molar-refractivity contribution is 0.511. The van der Waals surface area contributed by atoms with Crippen LogP contribution in [0.4, 0.5) is 0 Å². The largest absolute Gasteiger partial charge is 0.316 e. The zero-order valence-electron chi connectivity index (χ0n) is 13.3. The van der Waals surface area contributed by atoms with Gasteiger partial charge in [0.1, 0.15) is 9.79 Å². The van der Waals surface area contributed by atoms with E-state index in [2.05, 4.69) is 10.0 Å². The monoisotopic (exact) mass is 361 g/mol. The number of hydrogen-bond acceptors (Lipinski definition) is 5. The summed E-state index contributed by atoms with van der Waals surface area (Å²) in [5.41, 5.74) is 0. The van der Waals surface area contributed by atoms with Crippen LogP contribution < -0.4 is 10.0 Å². The molecule has 2 N–H and O–H groups in total. The van der Waals surface area contributed by atoms with Crippen molar-refractivity contribution in [3.8, 4) is 0 Å². The summed E-state index contributed by atoms with van der Waals surface area (Å²) in [5, 5.41) is 3.23. The Morgan fingerprint density at radius 1 is 1.17 bits per heavy atom. The predicted molar refractivity (Wildman–Crippen MR) is 88.1 cm³/mol. The molecule has 9 heteroatoms. The van der Waals surface area contributed by atoms with Crippen molar-refractivity contribution in [3.05, 3.63) is 24.3 Å². The molecule has 130 valence electrons. The maximum absolute atomic E-state index is 12.5. The van der Waals surface area contributed by atoms with Crippen LogP contribution in [0.3, 0.4) is 0 Å². The van der Waals surface area contributed by atoms with Gasteiger partial charge in [-0.1, -0.05) is 12.1 Å². The highest BCUT2D eigenvalue weighted by Gasteiger charge is 2.27. The molecule has 0 aliphatic carbocycles. The molecule has 1 aromatic carbocycles. The van der Waals surface area contributed by atoms with Gasteiger partial charge in [-0.25, -0.2) is 25.9 Å². The molecule has 1 atom stereocenters. The number of rotatable bonds is 7. The van der Waals surface area contributed by atoms with Gasteiger partial charge in [0, 0.05) is 20.6 Å². The normalized spacial score (nSPS) is 19.3. The molecular weight excluding hydrogens is 338 g/mol. The Morgan fingerprint density at radius 3 is 2.39 bits per heavy atom. The molecular formula is C14H23N3O4S2. The SMILES string of the molecule is CN(C)S(=O)(=O)c1ccccc1S(=O)(=O)NCCC1CCNC1. The minimum absolute atomic E-state index is 0.208. The van der Waals surface area contributed by atoms with Crippen LogP contribution in [0.2, 0.25) is 0 Å². The molecule has 1 heterocycles. The van der Waals surface area contributed by atoms with Crippen LogP contribution in [0.25, 0.3) is 0 Å². The van der Waals surface area contributed by atoms with Crippen LogP contribution in [0.15, 0.2) is 34.1 Å². The molecule has 0 amide bonds. The molecule has 1 aliphatic rings. The van der Waals surface area contributed by atoms with E-state index in [-0.39, 0.29) is 9.79 Å². The van der Waals surface area contributed by atoms with Gasteiger partial charge in [0.2, 0.25) is 20.0 Å². The van der Waals surface area contributed by atoms with Crippen LogP contribution in [-0.2, 0) is 20.0 Å². The summed E-state index contributed by atoms with van der Waals surface area (Å²) >= 11 is 0. The van der Waals surface area contributed by atoms with Gasteiger partial charge < -0.3 is 5.32 Å². The molecule has 0 spiro atoms. The fraction of sp³-hybridized carbons (Fsp3) is 0.571. The summed E-state index contributed by atoms with van der Waals surface area (Å²) in [4.78, 5) is -0.418. The first-order valence-corrected chi connectivity index (χ1v) is 10.4. The number of benzene rings is 1. The van der Waals surface area contributed by atoms with E-state index in [9.17, 15) is 16.8 Å². The summed E-state index contributed by atoms with van der Waals surface area (Å²) in [6.45, 7) is 2.15. The third-order valence-electron chi connectivity index (χ3n) is 3.90. The topological polar surface area (TPSA) is 95.6 Å². The Bertz CT molecular complexity index is 739. The third-order valence-corrected chi connectivity index (χ3v) is 7.43. The Labute approximate surface area is 138 Å². The minimum Gasteiger partial charge on any atom is -0.316 e. The van der Waals surface area contributed by atoms with E-state index >= 15 is 0 Å². The van der Waals surface area contributed by atoms with E-state index in [1.165, 1.54) is 38.4 Å². The van der Waals surface area contributed by atoms with E-state index in [4.69, 9.17) is 0 Å². The summed E-state index contributed by atoms with van der Waals surface area (Å²) in [5.74, 6) is 0.457. The van der Waals surface area contributed by atoms with E-state index < -0.39 is 20.0 Å². The van der Waals surface area contributed by atoms with Crippen molar-refractivity contribution >= 4 is 20.0 Å². The van der Waals surface area contributed by atoms with Gasteiger partial charge in [0.05, 0.1) is 0 Å². The van der Waals surface area contributed by atoms with Crippen molar-refractivity contribution < 1.29 is 16.8 Å². The van der Waals surface area contributed by atoms with Crippen LogP contribution in [0, 0.1) is 5.92 Å². The molecule has 0 radical (unpaired) electrons. The minimum atomic E-state index is -3.88. The van der Waals surface area contributed by atoms with Crippen LogP contribution >= 0.6 is 0 Å². The first kappa shape index (κ1) is 18.3. The van der Waals surface area contributed by atoms with Crippen molar-refractivity contribution in [2.24, 2.45) is 5.92 Å². The second kappa shape index (κ2) is 7.27. The zero-order valence-corrected chi connectivity index (χ0v) is 15.0. The van der Waals surface area contributed by atoms with Gasteiger partial charge in [0.25, 0.3) is 0 Å². The second-order valence-corrected chi connectivity index (χ2v) is 9.64. The fourth-order valence-corrected chi connectivity index (χ4v) is 5.26. The molecule has 1 aromatic rings. The number of nitrogens with zero attached hydrogens (tertiary/aromatic N) is 1. The molecule has 1 unspecified atom stereocenters. The van der Waals surface area contributed by atoms with E-state index in [0.29, 0.717) is 12.5 Å². The van der Waals surface area contributed by atoms with Gasteiger partial charge >= 0.3 is 0 Å². The van der Waals surface area contributed by atoms with Gasteiger partial charge in [0.15, 0.2) is 0 Å². The molecule has 0 aromatic heterocycles. The highest BCUT2D eigenvalue weighted by molar-refractivity contribution is 7.92. The summed E-state index contributed by atoms with van der Waals surface area (Å²) in [6.07, 6.45) is 1.77. The molecule has 1 aliphatic heterocycles. The molecule has 0 bridgehead atoms. The van der Waals surface area contributed by atoms with Gasteiger partial charge in [-0.2, -0.15) is 0 Å². The summed E-state index contributed by atoms with van der Waals surface area (Å²) in [7, 11) is -4.95. The maximum atomic E-state index is 12.5. The average Bonchev–Trinajstić information content (AvgIpc) is 3.00. The Morgan fingerprint density at radius 2 is 1.83 bits per heavy atom. The lowest BCUT2D eigenvalue weighted by atomic mass is 10.1. The lowest BCUT2D eigenvalue weighted by Gasteiger charge is -2.16. The average molecular weight is 361 g/mol. The quantitative estimate of drug-likeness (QED) is 0.724. The molecule has 23 heavy (non-hydrogen) atoms. The maximum Gasteiger partial charge on any atom is 0.243 e. The molecule has 2 rings (SSSR count). The van der Waals surface area contributed by atoms with Crippen LogP contribution in [0.5, 0.6) is 0 Å². The van der Waals surface area contributed by atoms with Crippen molar-refractivity contribution in [1.82, 2.24) is 14.3 Å². The first-order valence-electron chi connectivity index (χ1n) is 7.47. The molecule has 0 saturated carbocycles. The number of hydrogen-bond donors (Lipinski definition) is 2. The zero-order chi connectivity index (χ0) is 17.1. The molecule has 1 saturated heterocycles. The van der Waals surface area contributed by atoms with Gasteiger partial charge in [-0.15, -0.1) is 0 Å². The summed E-state index contributed by atoms with van der Waals surface area (Å²) < 4.78 is 53.1. The van der Waals surface area contributed by atoms with Crippen molar-refractivity contribution in [1.29, 1.82) is 0 Å². The Balaban J connectivity index is 2.19. The Hall–Kier alpha value is -1.00. The van der Waals surface area contributed by atoms with Crippen LogP contribution in [-0.4, -0.2) is 54.9 Å². The van der Waals surface area contributed by atoms with E-state index in [0.717, 1.165) is 30.2 Å². The molecule has 1 fully saturated rings. The second-order valence-electron chi connectivity index (χ2n) is 5.78.